The molecule has 0 radical (unpaired) electrons. The first-order chi connectivity index (χ1) is 15.0. The van der Waals surface area contributed by atoms with E-state index >= 15 is 0 Å². The van der Waals surface area contributed by atoms with Crippen molar-refractivity contribution in [2.24, 2.45) is 5.73 Å². The Hall–Kier alpha value is -2.52. The number of carbonyl (C=O) groups excluding carboxylic acids is 1. The molecule has 0 spiro atoms. The van der Waals surface area contributed by atoms with Crippen LogP contribution in [0.25, 0.3) is 10.8 Å². The van der Waals surface area contributed by atoms with Crippen molar-refractivity contribution in [1.82, 2.24) is 9.29 Å². The minimum atomic E-state index is -3.69. The van der Waals surface area contributed by atoms with E-state index in [1.165, 1.54) is 11.4 Å². The number of esters is 1. The second kappa shape index (κ2) is 11.9. The first-order valence-corrected chi connectivity index (χ1v) is 11.6. The zero-order valence-electron chi connectivity index (χ0n) is 17.9. The lowest BCUT2D eigenvalue weighted by Gasteiger charge is -2.23. The molecule has 0 saturated carbocycles. The van der Waals surface area contributed by atoms with E-state index < -0.39 is 10.0 Å². The Morgan fingerprint density at radius 2 is 1.78 bits per heavy atom. The van der Waals surface area contributed by atoms with Gasteiger partial charge in [0, 0.05) is 36.3 Å². The summed E-state index contributed by atoms with van der Waals surface area (Å²) in [5.74, 6) is -0.379. The molecule has 172 valence electrons. The molecule has 0 saturated heterocycles. The topological polar surface area (TPSA) is 103 Å². The lowest BCUT2D eigenvalue weighted by atomic mass is 10.1. The van der Waals surface area contributed by atoms with Crippen molar-refractivity contribution >= 4 is 39.2 Å². The molecule has 0 amide bonds. The van der Waals surface area contributed by atoms with Crippen LogP contribution in [0.4, 0.5) is 0 Å². The van der Waals surface area contributed by atoms with E-state index in [1.807, 2.05) is 18.2 Å². The third-order valence-electron chi connectivity index (χ3n) is 5.12. The number of aryl methyl sites for hydroxylation is 1. The first kappa shape index (κ1) is 25.7. The molecule has 3 aromatic rings. The number of methoxy groups -OCH3 is 1. The van der Waals surface area contributed by atoms with Gasteiger partial charge in [0.15, 0.2) is 0 Å². The maximum Gasteiger partial charge on any atom is 0.337 e. The van der Waals surface area contributed by atoms with Crippen molar-refractivity contribution in [1.29, 1.82) is 0 Å². The highest BCUT2D eigenvalue weighted by Crippen LogP contribution is 2.25. The number of aromatic nitrogens is 1. The van der Waals surface area contributed by atoms with Gasteiger partial charge in [-0.3, -0.25) is 4.98 Å². The fourth-order valence-electron chi connectivity index (χ4n) is 3.46. The van der Waals surface area contributed by atoms with Crippen molar-refractivity contribution in [3.8, 4) is 0 Å². The molecule has 3 rings (SSSR count). The summed E-state index contributed by atoms with van der Waals surface area (Å²) < 4.78 is 33.1. The average molecular weight is 478 g/mol. The van der Waals surface area contributed by atoms with E-state index in [-0.39, 0.29) is 23.3 Å². The molecule has 2 N–H and O–H groups in total. The standard InChI is InChI=1S/C23H27N3O4S.ClH/c1-30-23(27)19-10-8-18(9-11-19)5-3-15-26(16-4-13-24)31(28,29)22-7-2-6-20-17-25-14-12-21(20)22;/h2,6-12,14,17H,3-5,13,15-16,24H2,1H3;1H. The van der Waals surface area contributed by atoms with E-state index in [9.17, 15) is 13.2 Å². The molecule has 1 heterocycles. The second-order valence-corrected chi connectivity index (χ2v) is 9.10. The zero-order chi connectivity index (χ0) is 22.3. The Kier molecular flexibility index (Phi) is 9.59. The number of benzene rings is 2. The van der Waals surface area contributed by atoms with E-state index in [4.69, 9.17) is 10.5 Å². The van der Waals surface area contributed by atoms with Crippen LogP contribution in [0.15, 0.2) is 65.8 Å². The van der Waals surface area contributed by atoms with Gasteiger partial charge in [0.1, 0.15) is 0 Å². The van der Waals surface area contributed by atoms with E-state index in [1.54, 1.807) is 42.7 Å². The van der Waals surface area contributed by atoms with Crippen LogP contribution in [0.2, 0.25) is 0 Å². The van der Waals surface area contributed by atoms with Crippen molar-refractivity contribution in [2.45, 2.75) is 24.2 Å². The Bertz CT molecular complexity index is 1130. The van der Waals surface area contributed by atoms with Crippen LogP contribution < -0.4 is 5.73 Å². The van der Waals surface area contributed by atoms with Gasteiger partial charge in [0.2, 0.25) is 10.0 Å². The highest BCUT2D eigenvalue weighted by atomic mass is 35.5. The summed E-state index contributed by atoms with van der Waals surface area (Å²) in [6.45, 7) is 1.16. The third-order valence-corrected chi connectivity index (χ3v) is 7.07. The molecule has 0 aliphatic heterocycles. The maximum absolute atomic E-state index is 13.5. The van der Waals surface area contributed by atoms with Gasteiger partial charge in [-0.15, -0.1) is 12.4 Å². The number of ether oxygens (including phenoxy) is 1. The Labute approximate surface area is 195 Å². The Morgan fingerprint density at radius 3 is 2.47 bits per heavy atom. The van der Waals surface area contributed by atoms with E-state index in [0.717, 1.165) is 10.9 Å². The maximum atomic E-state index is 13.5. The summed E-state index contributed by atoms with van der Waals surface area (Å²) in [5, 5.41) is 1.45. The van der Waals surface area contributed by atoms with Gasteiger partial charge in [-0.25, -0.2) is 13.2 Å². The molecule has 0 aliphatic rings. The number of hydrogen-bond acceptors (Lipinski definition) is 6. The van der Waals surface area contributed by atoms with Crippen LogP contribution in [-0.4, -0.2) is 50.4 Å². The summed E-state index contributed by atoms with van der Waals surface area (Å²) in [5.41, 5.74) is 7.17. The number of halogens is 1. The predicted molar refractivity (Wildman–Crippen MR) is 128 cm³/mol. The molecule has 32 heavy (non-hydrogen) atoms. The molecule has 0 atom stereocenters. The molecular formula is C23H28ClN3O4S. The molecule has 1 aromatic heterocycles. The van der Waals surface area contributed by atoms with Crippen LogP contribution in [-0.2, 0) is 21.2 Å². The van der Waals surface area contributed by atoms with Gasteiger partial charge in [0.25, 0.3) is 0 Å². The average Bonchev–Trinajstić information content (AvgIpc) is 2.80. The van der Waals surface area contributed by atoms with Crippen LogP contribution in [0.1, 0.15) is 28.8 Å². The van der Waals surface area contributed by atoms with Gasteiger partial charge in [-0.2, -0.15) is 4.31 Å². The molecule has 0 unspecified atom stereocenters. The highest BCUT2D eigenvalue weighted by Gasteiger charge is 2.25. The fourth-order valence-corrected chi connectivity index (χ4v) is 5.19. The molecule has 0 bridgehead atoms. The molecule has 0 fully saturated rings. The number of carbonyl (C=O) groups is 1. The minimum Gasteiger partial charge on any atom is -0.465 e. The normalized spacial score (nSPS) is 11.3. The van der Waals surface area contributed by atoms with Crippen LogP contribution in [0.5, 0.6) is 0 Å². The quantitative estimate of drug-likeness (QED) is 0.449. The summed E-state index contributed by atoms with van der Waals surface area (Å²) in [7, 11) is -2.34. The number of rotatable bonds is 10. The Balaban J connectivity index is 0.00000363. The number of nitrogens with zero attached hydrogens (tertiary/aromatic N) is 2. The molecule has 0 aliphatic carbocycles. The Morgan fingerprint density at radius 1 is 1.06 bits per heavy atom. The summed E-state index contributed by atoms with van der Waals surface area (Å²) in [6.07, 6.45) is 5.18. The number of nitrogens with two attached hydrogens (primary N) is 1. The number of sulfonamides is 1. The predicted octanol–water partition coefficient (Wildman–Crippen LogP) is 3.42. The lowest BCUT2D eigenvalue weighted by molar-refractivity contribution is 0.0600. The van der Waals surface area contributed by atoms with Gasteiger partial charge < -0.3 is 10.5 Å². The van der Waals surface area contributed by atoms with Crippen molar-refractivity contribution in [3.05, 3.63) is 72.1 Å². The highest BCUT2D eigenvalue weighted by molar-refractivity contribution is 7.89. The second-order valence-electron chi connectivity index (χ2n) is 7.19. The van der Waals surface area contributed by atoms with Crippen LogP contribution >= 0.6 is 12.4 Å². The molecular weight excluding hydrogens is 450 g/mol. The summed E-state index contributed by atoms with van der Waals surface area (Å²) in [4.78, 5) is 15.9. The van der Waals surface area contributed by atoms with Crippen molar-refractivity contribution < 1.29 is 17.9 Å². The van der Waals surface area contributed by atoms with Crippen molar-refractivity contribution in [2.75, 3.05) is 26.7 Å². The molecule has 2 aromatic carbocycles. The number of hydrogen-bond donors (Lipinski definition) is 1. The van der Waals surface area contributed by atoms with Gasteiger partial charge >= 0.3 is 5.97 Å². The van der Waals surface area contributed by atoms with Gasteiger partial charge in [-0.05, 0) is 55.6 Å². The van der Waals surface area contributed by atoms with Crippen LogP contribution in [0, 0.1) is 0 Å². The minimum absolute atomic E-state index is 0. The van der Waals surface area contributed by atoms with Gasteiger partial charge in [-0.1, -0.05) is 24.3 Å². The summed E-state index contributed by atoms with van der Waals surface area (Å²) >= 11 is 0. The fraction of sp³-hybridized carbons (Fsp3) is 0.304. The van der Waals surface area contributed by atoms with Crippen molar-refractivity contribution in [3.63, 3.8) is 0 Å². The molecule has 9 heteroatoms. The van der Waals surface area contributed by atoms with Gasteiger partial charge in [0.05, 0.1) is 17.6 Å². The number of fused-ring (bicyclic) bond motifs is 1. The summed E-state index contributed by atoms with van der Waals surface area (Å²) in [6, 6.07) is 14.1. The van der Waals surface area contributed by atoms with E-state index in [2.05, 4.69) is 4.98 Å². The molecule has 7 nitrogen and oxygen atoms in total. The first-order valence-electron chi connectivity index (χ1n) is 10.2. The zero-order valence-corrected chi connectivity index (χ0v) is 19.6. The monoisotopic (exact) mass is 477 g/mol. The SMILES string of the molecule is COC(=O)c1ccc(CCCN(CCCN)S(=O)(=O)c2cccc3cnccc23)cc1.Cl. The smallest absolute Gasteiger partial charge is 0.337 e. The largest absolute Gasteiger partial charge is 0.465 e. The van der Waals surface area contributed by atoms with Crippen LogP contribution in [0.3, 0.4) is 0 Å². The third kappa shape index (κ3) is 6.04. The number of pyridine rings is 1. The lowest BCUT2D eigenvalue weighted by Crippen LogP contribution is -2.34. The van der Waals surface area contributed by atoms with E-state index in [0.29, 0.717) is 49.8 Å².